The molecule has 1 N–H and O–H groups in total. The Morgan fingerprint density at radius 3 is 2.61 bits per heavy atom. The monoisotopic (exact) mass is 303 g/mol. The number of nitrogens with one attached hydrogen (secondary N) is 1. The third kappa shape index (κ3) is 1.87. The van der Waals surface area contributed by atoms with E-state index >= 15 is 0 Å². The first-order valence-corrected chi connectivity index (χ1v) is 7.07. The zero-order chi connectivity index (χ0) is 16.0. The van der Waals surface area contributed by atoms with Crippen molar-refractivity contribution in [2.24, 2.45) is 7.05 Å². The molecular weight excluding hydrogens is 290 g/mol. The van der Waals surface area contributed by atoms with E-state index in [9.17, 15) is 0 Å². The lowest BCUT2D eigenvalue weighted by Crippen LogP contribution is -1.90. The van der Waals surface area contributed by atoms with E-state index in [1.165, 1.54) is 0 Å². The number of aryl methyl sites for hydroxylation is 1. The van der Waals surface area contributed by atoms with Crippen molar-refractivity contribution in [1.29, 1.82) is 0 Å². The molecule has 23 heavy (non-hydrogen) atoms. The van der Waals surface area contributed by atoms with Crippen molar-refractivity contribution in [2.45, 2.75) is 0 Å². The fourth-order valence-corrected chi connectivity index (χ4v) is 2.89. The fourth-order valence-electron chi connectivity index (χ4n) is 2.89. The smallest absolute Gasteiger partial charge is 0.218 e. The first kappa shape index (κ1) is 13.3. The van der Waals surface area contributed by atoms with Gasteiger partial charge in [0.15, 0.2) is 0 Å². The largest absolute Gasteiger partial charge is 0.497 e. The maximum absolute atomic E-state index is 7.33. The molecule has 0 unspecified atom stereocenters. The Kier molecular flexibility index (Phi) is 2.81. The Morgan fingerprint density at radius 2 is 1.91 bits per heavy atom. The molecule has 4 rings (SSSR count). The number of fused-ring (bicyclic) bond motifs is 3. The first-order valence-electron chi connectivity index (χ1n) is 7.07. The van der Waals surface area contributed by atoms with Crippen LogP contribution in [-0.4, -0.2) is 26.9 Å². The molecule has 0 aliphatic heterocycles. The van der Waals surface area contributed by atoms with E-state index in [0.29, 0.717) is 11.3 Å². The highest BCUT2D eigenvalue weighted by atomic mass is 16.5. The Hall–Kier alpha value is -3.33. The number of pyridine rings is 1. The number of H-pyrrole nitrogens is 1. The average Bonchev–Trinajstić information content (AvgIpc) is 3.15. The predicted molar refractivity (Wildman–Crippen MR) is 88.6 cm³/mol. The van der Waals surface area contributed by atoms with Crippen molar-refractivity contribution in [1.82, 2.24) is 19.7 Å². The Labute approximate surface area is 132 Å². The van der Waals surface area contributed by atoms with Crippen molar-refractivity contribution >= 4 is 27.6 Å². The molecule has 0 spiro atoms. The molecule has 0 atom stereocenters. The highest BCUT2D eigenvalue weighted by molar-refractivity contribution is 6.12. The van der Waals surface area contributed by atoms with Gasteiger partial charge in [0.05, 0.1) is 30.3 Å². The van der Waals surface area contributed by atoms with Gasteiger partial charge in [-0.2, -0.15) is 0 Å². The number of benzene rings is 1. The summed E-state index contributed by atoms with van der Waals surface area (Å²) in [7, 11) is 3.57. The van der Waals surface area contributed by atoms with Crippen LogP contribution in [0, 0.1) is 6.57 Å². The molecular formula is C17H13N5O. The van der Waals surface area contributed by atoms with Gasteiger partial charge in [-0.15, -0.1) is 0 Å². The standard InChI is InChI=1S/C17H13N5O/c1-18-13-9-20-17-14(13)16-12(8-19-17)15(21-22(16)2)10-4-6-11(23-3)7-5-10/h4-9,21H,2-3H3. The minimum Gasteiger partial charge on any atom is -0.497 e. The van der Waals surface area contributed by atoms with Crippen molar-refractivity contribution in [3.8, 4) is 17.0 Å². The van der Waals surface area contributed by atoms with Crippen molar-refractivity contribution < 1.29 is 4.74 Å². The third-order valence-electron chi connectivity index (χ3n) is 3.98. The molecule has 6 nitrogen and oxygen atoms in total. The number of aromatic nitrogens is 4. The van der Waals surface area contributed by atoms with Crippen LogP contribution < -0.4 is 4.74 Å². The van der Waals surface area contributed by atoms with Crippen LogP contribution in [0.1, 0.15) is 0 Å². The Balaban J connectivity index is 2.04. The molecule has 0 amide bonds. The molecule has 0 aliphatic rings. The predicted octanol–water partition coefficient (Wildman–Crippen LogP) is 3.68. The van der Waals surface area contributed by atoms with Crippen LogP contribution in [0.5, 0.6) is 5.75 Å². The quantitative estimate of drug-likeness (QED) is 0.575. The maximum Gasteiger partial charge on any atom is 0.218 e. The second kappa shape index (κ2) is 4.85. The molecule has 0 bridgehead atoms. The number of ether oxygens (including phenoxy) is 1. The van der Waals surface area contributed by atoms with Gasteiger partial charge in [0.1, 0.15) is 11.4 Å². The molecule has 1 aromatic carbocycles. The summed E-state index contributed by atoms with van der Waals surface area (Å²) in [5.41, 5.74) is 4.04. The lowest BCUT2D eigenvalue weighted by atomic mass is 10.1. The van der Waals surface area contributed by atoms with Crippen LogP contribution in [0.25, 0.3) is 38.0 Å². The number of hydrogen-bond donors (Lipinski definition) is 1. The average molecular weight is 303 g/mol. The molecule has 0 saturated carbocycles. The van der Waals surface area contributed by atoms with E-state index < -0.39 is 0 Å². The lowest BCUT2D eigenvalue weighted by Gasteiger charge is -2.02. The SMILES string of the molecule is [C-]#[N+]c1cnc2ncc3c(-c4ccc(OC)cc4)[nH]n(C)c3c12. The van der Waals surface area contributed by atoms with E-state index in [4.69, 9.17) is 11.3 Å². The summed E-state index contributed by atoms with van der Waals surface area (Å²) < 4.78 is 7.12. The molecule has 0 fully saturated rings. The van der Waals surface area contributed by atoms with Gasteiger partial charge >= 0.3 is 0 Å². The summed E-state index contributed by atoms with van der Waals surface area (Å²) in [4.78, 5) is 12.2. The summed E-state index contributed by atoms with van der Waals surface area (Å²) in [6.07, 6.45) is 3.37. The van der Waals surface area contributed by atoms with Crippen LogP contribution in [0.15, 0.2) is 36.7 Å². The van der Waals surface area contributed by atoms with Crippen LogP contribution in [0.2, 0.25) is 0 Å². The molecule has 0 radical (unpaired) electrons. The number of aromatic amines is 1. The minimum absolute atomic E-state index is 0.522. The molecule has 6 heteroatoms. The first-order chi connectivity index (χ1) is 11.2. The zero-order valence-electron chi connectivity index (χ0n) is 12.7. The molecule has 0 saturated heterocycles. The molecule has 112 valence electrons. The summed E-state index contributed by atoms with van der Waals surface area (Å²) in [6.45, 7) is 7.33. The normalized spacial score (nSPS) is 11.0. The molecule has 0 aliphatic carbocycles. The van der Waals surface area contributed by atoms with Gasteiger partial charge in [-0.1, -0.05) is 0 Å². The lowest BCUT2D eigenvalue weighted by molar-refractivity contribution is 0.415. The fraction of sp³-hybridized carbons (Fsp3) is 0.118. The van der Waals surface area contributed by atoms with Gasteiger partial charge in [-0.3, -0.25) is 9.78 Å². The third-order valence-corrected chi connectivity index (χ3v) is 3.98. The second-order valence-electron chi connectivity index (χ2n) is 5.25. The molecule has 4 aromatic rings. The van der Waals surface area contributed by atoms with Crippen molar-refractivity contribution in [2.75, 3.05) is 7.11 Å². The topological polar surface area (TPSA) is 60.1 Å². The molecule has 3 aromatic heterocycles. The second-order valence-corrected chi connectivity index (χ2v) is 5.25. The van der Waals surface area contributed by atoms with Crippen LogP contribution >= 0.6 is 0 Å². The number of nitrogens with zero attached hydrogens (tertiary/aromatic N) is 4. The Bertz CT molecular complexity index is 1070. The minimum atomic E-state index is 0.522. The van der Waals surface area contributed by atoms with E-state index in [1.807, 2.05) is 36.0 Å². The summed E-state index contributed by atoms with van der Waals surface area (Å²) >= 11 is 0. The van der Waals surface area contributed by atoms with Gasteiger partial charge < -0.3 is 4.74 Å². The number of rotatable bonds is 2. The van der Waals surface area contributed by atoms with Gasteiger partial charge in [0.25, 0.3) is 0 Å². The van der Waals surface area contributed by atoms with E-state index in [-0.39, 0.29) is 0 Å². The van der Waals surface area contributed by atoms with Gasteiger partial charge in [-0.05, 0) is 24.3 Å². The van der Waals surface area contributed by atoms with Gasteiger partial charge in [-0.25, -0.2) is 14.8 Å². The van der Waals surface area contributed by atoms with Gasteiger partial charge in [0.2, 0.25) is 5.69 Å². The highest BCUT2D eigenvalue weighted by Gasteiger charge is 2.16. The Morgan fingerprint density at radius 1 is 1.17 bits per heavy atom. The summed E-state index contributed by atoms with van der Waals surface area (Å²) in [5, 5.41) is 5.09. The van der Waals surface area contributed by atoms with Crippen molar-refractivity contribution in [3.05, 3.63) is 48.1 Å². The summed E-state index contributed by atoms with van der Waals surface area (Å²) in [6, 6.07) is 7.83. The van der Waals surface area contributed by atoms with Crippen molar-refractivity contribution in [3.63, 3.8) is 0 Å². The van der Waals surface area contributed by atoms with E-state index in [2.05, 4.69) is 19.9 Å². The van der Waals surface area contributed by atoms with Crippen LogP contribution in [0.3, 0.4) is 0 Å². The van der Waals surface area contributed by atoms with Crippen LogP contribution in [-0.2, 0) is 7.05 Å². The highest BCUT2D eigenvalue weighted by Crippen LogP contribution is 2.36. The maximum atomic E-state index is 7.33. The summed E-state index contributed by atoms with van der Waals surface area (Å²) in [5.74, 6) is 0.810. The molecule has 3 heterocycles. The van der Waals surface area contributed by atoms with Gasteiger partial charge in [0, 0.05) is 30.4 Å². The number of hydrogen-bond acceptors (Lipinski definition) is 3. The number of methoxy groups -OCH3 is 1. The van der Waals surface area contributed by atoms with E-state index in [1.54, 1.807) is 19.5 Å². The van der Waals surface area contributed by atoms with Crippen LogP contribution in [0.4, 0.5) is 5.69 Å². The zero-order valence-corrected chi connectivity index (χ0v) is 12.7. The van der Waals surface area contributed by atoms with E-state index in [0.717, 1.165) is 33.3 Å².